The van der Waals surface area contributed by atoms with Gasteiger partial charge in [-0.15, -0.1) is 0 Å². The fourth-order valence-corrected chi connectivity index (χ4v) is 5.56. The smallest absolute Gasteiger partial charge is 0.175 e. The molecule has 5 N–H and O–H groups in total. The van der Waals surface area contributed by atoms with Crippen molar-refractivity contribution in [3.8, 4) is 0 Å². The number of pyridine rings is 1. The quantitative estimate of drug-likeness (QED) is 0.492. The standard InChI is InChI=1S/C21H32N8S/c1-20(12-22,13-23-3)15-9-17-16(24-10-15)5-6-18(25-17)26-21(2)28-27-19(30-21)14-7-8-29(4)11-14/h5-6,10,12,14-15,22-23,28H,7-9,11,13H2,1-4H3,(H,25,26)/p+1. The Morgan fingerprint density at radius 2 is 2.33 bits per heavy atom. The van der Waals surface area contributed by atoms with Crippen molar-refractivity contribution >= 4 is 40.7 Å². The Hall–Kier alpha value is -1.97. The average Bonchev–Trinajstić information content (AvgIpc) is 3.33. The van der Waals surface area contributed by atoms with Crippen LogP contribution in [0.2, 0.25) is 0 Å². The van der Waals surface area contributed by atoms with E-state index in [4.69, 9.17) is 10.4 Å². The summed E-state index contributed by atoms with van der Waals surface area (Å²) in [5, 5.41) is 19.4. The summed E-state index contributed by atoms with van der Waals surface area (Å²) in [6.07, 6.45) is 5.52. The molecule has 0 bridgehead atoms. The largest absolute Gasteiger partial charge is 0.348 e. The molecule has 4 rings (SSSR count). The van der Waals surface area contributed by atoms with Crippen LogP contribution < -0.4 is 16.1 Å². The van der Waals surface area contributed by atoms with Gasteiger partial charge >= 0.3 is 0 Å². The maximum Gasteiger partial charge on any atom is 0.175 e. The molecule has 0 radical (unpaired) electrons. The molecule has 3 aliphatic heterocycles. The van der Waals surface area contributed by atoms with Crippen molar-refractivity contribution in [1.29, 1.82) is 5.41 Å². The van der Waals surface area contributed by atoms with Crippen molar-refractivity contribution in [2.24, 2.45) is 27.3 Å². The predicted octanol–water partition coefficient (Wildman–Crippen LogP) is 1.49. The molecular formula is C21H33N8S+. The van der Waals surface area contributed by atoms with E-state index in [0.717, 1.165) is 49.7 Å². The molecule has 162 valence electrons. The molecule has 1 aromatic heterocycles. The van der Waals surface area contributed by atoms with Gasteiger partial charge in [0.1, 0.15) is 10.9 Å². The van der Waals surface area contributed by atoms with Crippen LogP contribution in [0.5, 0.6) is 0 Å². The molecule has 0 aromatic carbocycles. The number of nitrogens with two attached hydrogens (primary N) is 1. The summed E-state index contributed by atoms with van der Waals surface area (Å²) in [6.45, 7) is 7.30. The lowest BCUT2D eigenvalue weighted by molar-refractivity contribution is -0.636. The number of thioether (sulfide) groups is 1. The van der Waals surface area contributed by atoms with E-state index >= 15 is 0 Å². The first-order valence-electron chi connectivity index (χ1n) is 10.7. The number of quaternary nitrogens is 1. The lowest BCUT2D eigenvalue weighted by atomic mass is 9.75. The van der Waals surface area contributed by atoms with Gasteiger partial charge in [-0.1, -0.05) is 11.8 Å². The molecule has 4 unspecified atom stereocenters. The molecule has 8 nitrogen and oxygen atoms in total. The van der Waals surface area contributed by atoms with Crippen molar-refractivity contribution in [2.75, 3.05) is 39.0 Å². The van der Waals surface area contributed by atoms with Crippen LogP contribution in [0.4, 0.5) is 11.5 Å². The van der Waals surface area contributed by atoms with Crippen molar-refractivity contribution in [2.45, 2.75) is 31.7 Å². The van der Waals surface area contributed by atoms with Crippen LogP contribution in [-0.4, -0.2) is 66.1 Å². The van der Waals surface area contributed by atoms with Gasteiger partial charge in [0.2, 0.25) is 0 Å². The number of hydrogen-bond donors (Lipinski definition) is 4. The maximum atomic E-state index is 7.93. The van der Waals surface area contributed by atoms with Gasteiger partial charge < -0.3 is 20.9 Å². The molecule has 4 atom stereocenters. The van der Waals surface area contributed by atoms with Gasteiger partial charge in [0, 0.05) is 37.2 Å². The number of hydrazone groups is 1. The summed E-state index contributed by atoms with van der Waals surface area (Å²) in [5.41, 5.74) is 4.96. The van der Waals surface area contributed by atoms with Crippen LogP contribution in [0.25, 0.3) is 0 Å². The molecule has 0 aliphatic carbocycles. The number of aromatic nitrogens is 1. The van der Waals surface area contributed by atoms with E-state index < -0.39 is 4.99 Å². The Morgan fingerprint density at radius 3 is 3.03 bits per heavy atom. The van der Waals surface area contributed by atoms with Crippen molar-refractivity contribution in [3.05, 3.63) is 17.8 Å². The molecule has 30 heavy (non-hydrogen) atoms. The number of hydrogen-bond acceptors (Lipinski definition) is 8. The van der Waals surface area contributed by atoms with Gasteiger partial charge in [-0.3, -0.25) is 10.4 Å². The van der Waals surface area contributed by atoms with E-state index in [1.807, 2.05) is 25.4 Å². The lowest BCUT2D eigenvalue weighted by Gasteiger charge is -2.32. The summed E-state index contributed by atoms with van der Waals surface area (Å²) < 4.78 is 0. The van der Waals surface area contributed by atoms with Crippen molar-refractivity contribution < 1.29 is 5.32 Å². The highest BCUT2D eigenvalue weighted by Crippen LogP contribution is 2.37. The van der Waals surface area contributed by atoms with Gasteiger partial charge in [0.15, 0.2) is 4.99 Å². The highest BCUT2D eigenvalue weighted by atomic mass is 32.2. The van der Waals surface area contributed by atoms with Gasteiger partial charge in [-0.25, -0.2) is 4.98 Å². The van der Waals surface area contributed by atoms with E-state index in [9.17, 15) is 0 Å². The number of nitrogens with one attached hydrogen (secondary N) is 3. The van der Waals surface area contributed by atoms with Crippen molar-refractivity contribution in [3.63, 3.8) is 0 Å². The molecule has 3 aliphatic rings. The highest BCUT2D eigenvalue weighted by molar-refractivity contribution is 8.15. The zero-order valence-electron chi connectivity index (χ0n) is 18.3. The van der Waals surface area contributed by atoms with E-state index in [1.54, 1.807) is 18.0 Å². The number of likely N-dealkylation sites (tertiary alicyclic amines) is 1. The molecule has 9 heteroatoms. The number of anilines is 1. The van der Waals surface area contributed by atoms with Crippen LogP contribution in [0.1, 0.15) is 26.0 Å². The first-order valence-corrected chi connectivity index (χ1v) is 11.5. The summed E-state index contributed by atoms with van der Waals surface area (Å²) in [6, 6.07) is 4.02. The van der Waals surface area contributed by atoms with E-state index in [-0.39, 0.29) is 11.3 Å². The second kappa shape index (κ2) is 8.28. The highest BCUT2D eigenvalue weighted by Gasteiger charge is 2.38. The Balaban J connectivity index is 1.45. The van der Waals surface area contributed by atoms with Gasteiger partial charge in [-0.05, 0) is 46.0 Å². The molecule has 0 amide bonds. The fourth-order valence-electron chi connectivity index (χ4n) is 4.45. The molecule has 0 saturated carbocycles. The molecule has 4 heterocycles. The second-order valence-corrected chi connectivity index (χ2v) is 10.5. The molecule has 1 fully saturated rings. The van der Waals surface area contributed by atoms with Crippen LogP contribution >= 0.6 is 11.8 Å². The van der Waals surface area contributed by atoms with Gasteiger partial charge in [0.25, 0.3) is 0 Å². The number of fused-ring (bicyclic) bond motifs is 1. The zero-order chi connectivity index (χ0) is 21.4. The van der Waals surface area contributed by atoms with Crippen LogP contribution in [0, 0.1) is 22.7 Å². The second-order valence-electron chi connectivity index (χ2n) is 9.08. The van der Waals surface area contributed by atoms with Crippen LogP contribution in [-0.2, 0) is 6.42 Å². The Morgan fingerprint density at radius 1 is 1.50 bits per heavy atom. The van der Waals surface area contributed by atoms with E-state index in [1.165, 1.54) is 5.04 Å². The third kappa shape index (κ3) is 4.24. The minimum absolute atomic E-state index is 0.172. The third-order valence-corrected chi connectivity index (χ3v) is 7.61. The third-order valence-electron chi connectivity index (χ3n) is 6.37. The monoisotopic (exact) mass is 429 g/mol. The molecular weight excluding hydrogens is 396 g/mol. The van der Waals surface area contributed by atoms with Crippen LogP contribution in [0.3, 0.4) is 0 Å². The first-order chi connectivity index (χ1) is 14.3. The lowest BCUT2D eigenvalue weighted by Crippen LogP contribution is -2.83. The summed E-state index contributed by atoms with van der Waals surface area (Å²) in [4.78, 5) is 11.5. The summed E-state index contributed by atoms with van der Waals surface area (Å²) >= 11 is 1.76. The summed E-state index contributed by atoms with van der Waals surface area (Å²) in [5.74, 6) is 1.51. The Kier molecular flexibility index (Phi) is 5.87. The van der Waals surface area contributed by atoms with E-state index in [2.05, 4.69) is 51.9 Å². The van der Waals surface area contributed by atoms with Crippen molar-refractivity contribution in [1.82, 2.24) is 15.3 Å². The van der Waals surface area contributed by atoms with Gasteiger partial charge in [0.05, 0.1) is 30.4 Å². The van der Waals surface area contributed by atoms with Gasteiger partial charge in [-0.2, -0.15) is 5.10 Å². The molecule has 0 spiro atoms. The summed E-state index contributed by atoms with van der Waals surface area (Å²) in [7, 11) is 4.21. The number of aliphatic imine (C=N–C) groups is 1. The Labute approximate surface area is 182 Å². The number of rotatable bonds is 7. The first kappa shape index (κ1) is 21.3. The predicted molar refractivity (Wildman–Crippen MR) is 125 cm³/mol. The van der Waals surface area contributed by atoms with E-state index in [0.29, 0.717) is 5.92 Å². The SMILES string of the molecule is C[NH2+]CC(C)(C=N)C1C=Nc2ccc(NC3(C)NN=C(C4CCN(C)C4)S3)nc2C1. The van der Waals surface area contributed by atoms with Crippen LogP contribution in [0.15, 0.2) is 22.2 Å². The zero-order valence-corrected chi connectivity index (χ0v) is 19.1. The Bertz CT molecular complexity index is 871. The molecule has 1 aromatic rings. The fraction of sp³-hybridized carbons (Fsp3) is 0.619. The maximum absolute atomic E-state index is 7.93. The topological polar surface area (TPSA) is 105 Å². The minimum Gasteiger partial charge on any atom is -0.348 e. The average molecular weight is 430 g/mol. The number of nitrogens with zero attached hydrogens (tertiary/aromatic N) is 4. The molecule has 1 saturated heterocycles. The minimum atomic E-state index is -0.407. The normalized spacial score (nSPS) is 30.3.